The fourth-order valence-corrected chi connectivity index (χ4v) is 4.56. The van der Waals surface area contributed by atoms with Crippen LogP contribution < -0.4 is 10.1 Å². The van der Waals surface area contributed by atoms with Crippen LogP contribution in [0, 0.1) is 5.82 Å². The molecule has 1 aliphatic heterocycles. The predicted octanol–water partition coefficient (Wildman–Crippen LogP) is 3.39. The van der Waals surface area contributed by atoms with Gasteiger partial charge in [-0.15, -0.1) is 0 Å². The number of carbonyl (C=O) groups excluding carboxylic acids is 1. The van der Waals surface area contributed by atoms with E-state index in [1.807, 2.05) is 0 Å². The maximum atomic E-state index is 13.7. The molecule has 1 N–H and O–H groups in total. The zero-order chi connectivity index (χ0) is 19.4. The van der Waals surface area contributed by atoms with Crippen molar-refractivity contribution in [3.63, 3.8) is 0 Å². The van der Waals surface area contributed by atoms with Gasteiger partial charge in [-0.25, -0.2) is 12.8 Å². The fourth-order valence-electron chi connectivity index (χ4n) is 2.71. The number of ether oxygens (including phenoxy) is 1. The minimum Gasteiger partial charge on any atom is -0.484 e. The minimum atomic E-state index is -3.48. The first-order valence-electron chi connectivity index (χ1n) is 8.34. The molecule has 2 aromatic carbocycles. The van der Waals surface area contributed by atoms with Crippen LogP contribution in [0.5, 0.6) is 5.75 Å². The summed E-state index contributed by atoms with van der Waals surface area (Å²) in [6.45, 7) is 0.745. The average molecular weight is 457 g/mol. The van der Waals surface area contributed by atoms with Gasteiger partial charge in [0.1, 0.15) is 11.6 Å². The third-order valence-corrected chi connectivity index (χ3v) is 6.51. The van der Waals surface area contributed by atoms with E-state index in [0.29, 0.717) is 23.3 Å². The van der Waals surface area contributed by atoms with Gasteiger partial charge < -0.3 is 10.1 Å². The Morgan fingerprint density at radius 2 is 1.81 bits per heavy atom. The van der Waals surface area contributed by atoms with Gasteiger partial charge in [-0.1, -0.05) is 15.9 Å². The molecule has 0 aromatic heterocycles. The lowest BCUT2D eigenvalue weighted by Gasteiger charge is -2.15. The van der Waals surface area contributed by atoms with Crippen LogP contribution in [0.1, 0.15) is 12.8 Å². The smallest absolute Gasteiger partial charge is 0.262 e. The lowest BCUT2D eigenvalue weighted by Crippen LogP contribution is -2.27. The number of nitrogens with one attached hydrogen (secondary N) is 1. The van der Waals surface area contributed by atoms with E-state index in [4.69, 9.17) is 4.74 Å². The Kier molecular flexibility index (Phi) is 6.13. The Morgan fingerprint density at radius 3 is 2.44 bits per heavy atom. The van der Waals surface area contributed by atoms with E-state index in [-0.39, 0.29) is 17.2 Å². The summed E-state index contributed by atoms with van der Waals surface area (Å²) in [5.41, 5.74) is 0.0545. The molecule has 144 valence electrons. The summed E-state index contributed by atoms with van der Waals surface area (Å²) >= 11 is 3.14. The predicted molar refractivity (Wildman–Crippen MR) is 103 cm³/mol. The number of hydrogen-bond acceptors (Lipinski definition) is 4. The highest BCUT2D eigenvalue weighted by molar-refractivity contribution is 9.10. The van der Waals surface area contributed by atoms with Gasteiger partial charge in [-0.05, 0) is 55.3 Å². The van der Waals surface area contributed by atoms with E-state index in [2.05, 4.69) is 21.2 Å². The van der Waals surface area contributed by atoms with Crippen LogP contribution in [-0.4, -0.2) is 38.3 Å². The first-order valence-corrected chi connectivity index (χ1v) is 10.6. The molecule has 6 nitrogen and oxygen atoms in total. The van der Waals surface area contributed by atoms with Crippen LogP contribution in [0.25, 0.3) is 0 Å². The molecule has 2 aromatic rings. The van der Waals surface area contributed by atoms with Crippen LogP contribution in [0.15, 0.2) is 51.8 Å². The van der Waals surface area contributed by atoms with Crippen molar-refractivity contribution in [2.75, 3.05) is 25.0 Å². The zero-order valence-electron chi connectivity index (χ0n) is 14.3. The number of benzene rings is 2. The third-order valence-electron chi connectivity index (χ3n) is 4.10. The summed E-state index contributed by atoms with van der Waals surface area (Å²) in [7, 11) is -3.48. The van der Waals surface area contributed by atoms with E-state index < -0.39 is 21.7 Å². The summed E-state index contributed by atoms with van der Waals surface area (Å²) in [5.74, 6) is -0.735. The largest absolute Gasteiger partial charge is 0.484 e. The number of amides is 1. The average Bonchev–Trinajstić information content (AvgIpc) is 3.18. The van der Waals surface area contributed by atoms with E-state index >= 15 is 0 Å². The van der Waals surface area contributed by atoms with Gasteiger partial charge >= 0.3 is 0 Å². The van der Waals surface area contributed by atoms with Crippen LogP contribution in [0.3, 0.4) is 0 Å². The second-order valence-corrected chi connectivity index (χ2v) is 8.90. The van der Waals surface area contributed by atoms with Gasteiger partial charge in [0, 0.05) is 17.6 Å². The number of anilines is 1. The molecule has 0 atom stereocenters. The Hall–Kier alpha value is -1.97. The second-order valence-electron chi connectivity index (χ2n) is 6.04. The van der Waals surface area contributed by atoms with Gasteiger partial charge in [0.25, 0.3) is 5.91 Å². The van der Waals surface area contributed by atoms with Crippen LogP contribution in [0.2, 0.25) is 0 Å². The summed E-state index contributed by atoms with van der Waals surface area (Å²) in [5, 5.41) is 2.42. The highest BCUT2D eigenvalue weighted by Crippen LogP contribution is 2.23. The van der Waals surface area contributed by atoms with Crippen molar-refractivity contribution in [1.29, 1.82) is 0 Å². The second kappa shape index (κ2) is 8.37. The zero-order valence-corrected chi connectivity index (χ0v) is 16.7. The first-order chi connectivity index (χ1) is 12.9. The monoisotopic (exact) mass is 456 g/mol. The van der Waals surface area contributed by atoms with Crippen molar-refractivity contribution in [3.8, 4) is 5.75 Å². The minimum absolute atomic E-state index is 0.0545. The number of hydrogen-bond donors (Lipinski definition) is 1. The van der Waals surface area contributed by atoms with Crippen LogP contribution in [-0.2, 0) is 14.8 Å². The molecule has 1 aliphatic rings. The van der Waals surface area contributed by atoms with E-state index in [1.54, 1.807) is 6.07 Å². The number of carbonyl (C=O) groups is 1. The molecule has 9 heteroatoms. The molecule has 0 saturated carbocycles. The van der Waals surface area contributed by atoms with Crippen molar-refractivity contribution in [3.05, 3.63) is 52.8 Å². The summed E-state index contributed by atoms with van der Waals surface area (Å²) < 4.78 is 46.0. The first kappa shape index (κ1) is 19.8. The lowest BCUT2D eigenvalue weighted by atomic mass is 10.3. The highest BCUT2D eigenvalue weighted by Gasteiger charge is 2.26. The Balaban J connectivity index is 1.57. The maximum Gasteiger partial charge on any atom is 0.262 e. The summed E-state index contributed by atoms with van der Waals surface area (Å²) in [6.07, 6.45) is 1.74. The van der Waals surface area contributed by atoms with Crippen molar-refractivity contribution in [1.82, 2.24) is 4.31 Å². The molecule has 0 aliphatic carbocycles. The van der Waals surface area contributed by atoms with Crippen molar-refractivity contribution in [2.24, 2.45) is 0 Å². The van der Waals surface area contributed by atoms with Crippen LogP contribution >= 0.6 is 15.9 Å². The van der Waals surface area contributed by atoms with Gasteiger partial charge in [0.05, 0.1) is 10.6 Å². The number of nitrogens with zero attached hydrogens (tertiary/aromatic N) is 1. The van der Waals surface area contributed by atoms with Gasteiger partial charge in [0.2, 0.25) is 10.0 Å². The third kappa shape index (κ3) is 4.85. The van der Waals surface area contributed by atoms with Gasteiger partial charge in [0.15, 0.2) is 6.61 Å². The van der Waals surface area contributed by atoms with E-state index in [0.717, 1.165) is 12.8 Å². The topological polar surface area (TPSA) is 75.7 Å². The van der Waals surface area contributed by atoms with E-state index in [1.165, 1.54) is 40.7 Å². The number of rotatable bonds is 6. The van der Waals surface area contributed by atoms with Crippen molar-refractivity contribution >= 4 is 37.5 Å². The SMILES string of the molecule is O=C(COc1ccc(S(=O)(=O)N2CCCC2)cc1)Nc1ccc(Br)cc1F. The molecule has 0 spiro atoms. The Morgan fingerprint density at radius 1 is 1.15 bits per heavy atom. The molecule has 0 bridgehead atoms. The standard InChI is InChI=1S/C18H18BrFN2O4S/c19-13-3-8-17(16(20)11-13)21-18(23)12-26-14-4-6-15(7-5-14)27(24,25)22-9-1-2-10-22/h3-8,11H,1-2,9-10,12H2,(H,21,23). The summed E-state index contributed by atoms with van der Waals surface area (Å²) in [4.78, 5) is 12.1. The molecule has 0 radical (unpaired) electrons. The molecular formula is C18H18BrFN2O4S. The van der Waals surface area contributed by atoms with Crippen LogP contribution in [0.4, 0.5) is 10.1 Å². The Labute approximate surface area is 165 Å². The maximum absolute atomic E-state index is 13.7. The van der Waals surface area contributed by atoms with Crippen molar-refractivity contribution < 1.29 is 22.3 Å². The molecule has 1 heterocycles. The molecule has 1 saturated heterocycles. The van der Waals surface area contributed by atoms with Gasteiger partial charge in [-0.3, -0.25) is 4.79 Å². The summed E-state index contributed by atoms with van der Waals surface area (Å²) in [6, 6.07) is 10.2. The van der Waals surface area contributed by atoms with Gasteiger partial charge in [-0.2, -0.15) is 4.31 Å². The molecule has 1 amide bonds. The number of sulfonamides is 1. The number of halogens is 2. The van der Waals surface area contributed by atoms with Crippen molar-refractivity contribution in [2.45, 2.75) is 17.7 Å². The Bertz CT molecular complexity index is 929. The molecule has 1 fully saturated rings. The molecule has 27 heavy (non-hydrogen) atoms. The molecular weight excluding hydrogens is 439 g/mol. The lowest BCUT2D eigenvalue weighted by molar-refractivity contribution is -0.118. The molecule has 3 rings (SSSR count). The quantitative estimate of drug-likeness (QED) is 0.722. The highest BCUT2D eigenvalue weighted by atomic mass is 79.9. The van der Waals surface area contributed by atoms with E-state index in [9.17, 15) is 17.6 Å². The normalized spacial score (nSPS) is 14.9. The fraction of sp³-hybridized carbons (Fsp3) is 0.278. The molecule has 0 unspecified atom stereocenters.